The average Bonchev–Trinajstić information content (AvgIpc) is 3.62. The molecule has 3 aliphatic rings. The zero-order valence-electron chi connectivity index (χ0n) is 25.4. The van der Waals surface area contributed by atoms with Crippen LogP contribution in [0.3, 0.4) is 0 Å². The number of aliphatic hydroxyl groups is 1. The van der Waals surface area contributed by atoms with E-state index in [2.05, 4.69) is 34.4 Å². The molecular formula is C33H44BrN3O7. The van der Waals surface area contributed by atoms with Gasteiger partial charge in [0.15, 0.2) is 0 Å². The zero-order valence-corrected chi connectivity index (χ0v) is 27.0. The van der Waals surface area contributed by atoms with Crippen molar-refractivity contribution in [1.82, 2.24) is 15.1 Å². The quantitative estimate of drug-likeness (QED) is 0.148. The SMILES string of the molecule is C=CCCC(=O)NC[C@@H](OC(=O)[C@@H]1[C@H]2O[C@@]3(CC2Br)[C@H](C(=O)N(CC=C)CCCC)N(CCCO)C(=O)[C@@H]13)c1ccccc1. The molecule has 0 aromatic heterocycles. The van der Waals surface area contributed by atoms with Gasteiger partial charge in [0.1, 0.15) is 17.7 Å². The third-order valence-electron chi connectivity index (χ3n) is 8.79. The Balaban J connectivity index is 1.64. The number of hydrogen-bond donors (Lipinski definition) is 2. The van der Waals surface area contributed by atoms with Gasteiger partial charge in [-0.2, -0.15) is 0 Å². The molecule has 10 nitrogen and oxygen atoms in total. The molecule has 0 aliphatic carbocycles. The van der Waals surface area contributed by atoms with E-state index in [-0.39, 0.29) is 55.1 Å². The maximum absolute atomic E-state index is 14.2. The highest BCUT2D eigenvalue weighted by Crippen LogP contribution is 2.60. The lowest BCUT2D eigenvalue weighted by atomic mass is 9.70. The van der Waals surface area contributed by atoms with Gasteiger partial charge in [-0.15, -0.1) is 13.2 Å². The van der Waals surface area contributed by atoms with Crippen LogP contribution in [0.5, 0.6) is 0 Å². The minimum Gasteiger partial charge on any atom is -0.455 e. The van der Waals surface area contributed by atoms with Gasteiger partial charge in [0.25, 0.3) is 0 Å². The summed E-state index contributed by atoms with van der Waals surface area (Å²) in [4.78, 5) is 57.7. The predicted octanol–water partition coefficient (Wildman–Crippen LogP) is 3.30. The molecule has 240 valence electrons. The fourth-order valence-electron chi connectivity index (χ4n) is 6.77. The van der Waals surface area contributed by atoms with Crippen LogP contribution in [0.25, 0.3) is 0 Å². The summed E-state index contributed by atoms with van der Waals surface area (Å²) in [7, 11) is 0. The van der Waals surface area contributed by atoms with Gasteiger partial charge >= 0.3 is 5.97 Å². The number of hydrogen-bond acceptors (Lipinski definition) is 7. The summed E-state index contributed by atoms with van der Waals surface area (Å²) in [5.74, 6) is -3.27. The molecule has 0 radical (unpaired) electrons. The Kier molecular flexibility index (Phi) is 11.8. The third-order valence-corrected chi connectivity index (χ3v) is 9.63. The van der Waals surface area contributed by atoms with Crippen LogP contribution in [0.1, 0.15) is 57.1 Å². The van der Waals surface area contributed by atoms with Crippen LogP contribution in [0.2, 0.25) is 0 Å². The molecule has 3 amide bonds. The van der Waals surface area contributed by atoms with Crippen molar-refractivity contribution < 1.29 is 33.8 Å². The largest absolute Gasteiger partial charge is 0.455 e. The van der Waals surface area contributed by atoms with Gasteiger partial charge in [0.05, 0.1) is 24.5 Å². The number of benzene rings is 1. The van der Waals surface area contributed by atoms with Crippen molar-refractivity contribution in [2.24, 2.45) is 11.8 Å². The summed E-state index contributed by atoms with van der Waals surface area (Å²) >= 11 is 3.69. The molecule has 4 rings (SSSR count). The zero-order chi connectivity index (χ0) is 31.9. The maximum Gasteiger partial charge on any atom is 0.313 e. The molecule has 1 unspecified atom stereocenters. The minimum absolute atomic E-state index is 0.0587. The molecule has 3 heterocycles. The van der Waals surface area contributed by atoms with Crippen LogP contribution < -0.4 is 5.32 Å². The van der Waals surface area contributed by atoms with Crippen LogP contribution in [-0.4, -0.2) is 94.0 Å². The van der Waals surface area contributed by atoms with E-state index >= 15 is 0 Å². The molecule has 11 heteroatoms. The van der Waals surface area contributed by atoms with Gasteiger partial charge in [-0.05, 0) is 31.2 Å². The van der Waals surface area contributed by atoms with E-state index in [4.69, 9.17) is 9.47 Å². The maximum atomic E-state index is 14.2. The van der Waals surface area contributed by atoms with E-state index < -0.39 is 41.7 Å². The highest BCUT2D eigenvalue weighted by Gasteiger charge is 2.77. The second-order valence-electron chi connectivity index (χ2n) is 11.7. The van der Waals surface area contributed by atoms with Crippen molar-refractivity contribution in [1.29, 1.82) is 0 Å². The van der Waals surface area contributed by atoms with E-state index in [9.17, 15) is 24.3 Å². The van der Waals surface area contributed by atoms with Crippen molar-refractivity contribution in [2.75, 3.05) is 32.8 Å². The number of nitrogens with one attached hydrogen (secondary N) is 1. The van der Waals surface area contributed by atoms with Gasteiger partial charge in [0, 0.05) is 37.5 Å². The van der Waals surface area contributed by atoms with E-state index in [0.29, 0.717) is 31.5 Å². The van der Waals surface area contributed by atoms with E-state index in [1.807, 2.05) is 37.3 Å². The van der Waals surface area contributed by atoms with Crippen LogP contribution >= 0.6 is 15.9 Å². The lowest BCUT2D eigenvalue weighted by molar-refractivity contribution is -0.160. The number of aliphatic hydroxyl groups excluding tert-OH is 1. The van der Waals surface area contributed by atoms with Crippen LogP contribution in [0.4, 0.5) is 0 Å². The highest BCUT2D eigenvalue weighted by molar-refractivity contribution is 9.09. The van der Waals surface area contributed by atoms with E-state index in [1.54, 1.807) is 17.1 Å². The molecule has 2 bridgehead atoms. The fraction of sp³-hybridized carbons (Fsp3) is 0.576. The first kappa shape index (κ1) is 33.9. The Morgan fingerprint density at radius 3 is 2.66 bits per heavy atom. The number of alkyl halides is 1. The minimum atomic E-state index is -1.22. The number of amides is 3. The highest BCUT2D eigenvalue weighted by atomic mass is 79.9. The van der Waals surface area contributed by atoms with Crippen molar-refractivity contribution in [3.63, 3.8) is 0 Å². The van der Waals surface area contributed by atoms with Gasteiger partial charge < -0.3 is 29.7 Å². The number of rotatable bonds is 17. The Labute approximate surface area is 267 Å². The summed E-state index contributed by atoms with van der Waals surface area (Å²) in [6.07, 6.45) is 4.99. The number of allylic oxidation sites excluding steroid dienone is 1. The second-order valence-corrected chi connectivity index (χ2v) is 12.8. The molecule has 2 N–H and O–H groups in total. The van der Waals surface area contributed by atoms with Crippen LogP contribution in [0.15, 0.2) is 55.6 Å². The number of unbranched alkanes of at least 4 members (excludes halogenated alkanes) is 1. The van der Waals surface area contributed by atoms with Crippen molar-refractivity contribution in [2.45, 2.75) is 74.1 Å². The number of likely N-dealkylation sites (tertiary alicyclic amines) is 1. The molecule has 3 fully saturated rings. The number of fused-ring (bicyclic) bond motifs is 1. The Hall–Kier alpha value is -3.02. The van der Waals surface area contributed by atoms with E-state index in [1.165, 1.54) is 4.90 Å². The number of halogens is 1. The summed E-state index contributed by atoms with van der Waals surface area (Å²) in [5, 5.41) is 12.5. The third kappa shape index (κ3) is 6.79. The lowest BCUT2D eigenvalue weighted by Gasteiger charge is -2.37. The molecular weight excluding hydrogens is 630 g/mol. The molecule has 1 aromatic rings. The number of nitrogens with zero attached hydrogens (tertiary/aromatic N) is 2. The molecule has 1 aromatic carbocycles. The molecule has 3 aliphatic heterocycles. The second kappa shape index (κ2) is 15.3. The summed E-state index contributed by atoms with van der Waals surface area (Å²) < 4.78 is 12.7. The van der Waals surface area contributed by atoms with Crippen molar-refractivity contribution in [3.8, 4) is 0 Å². The number of carbonyl (C=O) groups excluding carboxylic acids is 4. The van der Waals surface area contributed by atoms with Gasteiger partial charge in [-0.25, -0.2) is 0 Å². The fourth-order valence-corrected chi connectivity index (χ4v) is 7.71. The number of ether oxygens (including phenoxy) is 2. The predicted molar refractivity (Wildman–Crippen MR) is 169 cm³/mol. The van der Waals surface area contributed by atoms with Gasteiger partial charge in [-0.1, -0.05) is 71.8 Å². The van der Waals surface area contributed by atoms with Gasteiger partial charge in [0.2, 0.25) is 17.7 Å². The first-order chi connectivity index (χ1) is 21.2. The number of esters is 1. The smallest absolute Gasteiger partial charge is 0.313 e. The summed E-state index contributed by atoms with van der Waals surface area (Å²) in [6.45, 7) is 10.4. The first-order valence-corrected chi connectivity index (χ1v) is 16.4. The molecule has 44 heavy (non-hydrogen) atoms. The Morgan fingerprint density at radius 2 is 2.00 bits per heavy atom. The first-order valence-electron chi connectivity index (χ1n) is 15.5. The molecule has 1 spiro atoms. The summed E-state index contributed by atoms with van der Waals surface area (Å²) in [5.41, 5.74) is -0.524. The number of carbonyl (C=O) groups is 4. The molecule has 7 atom stereocenters. The lowest BCUT2D eigenvalue weighted by Crippen LogP contribution is -2.57. The van der Waals surface area contributed by atoms with Crippen molar-refractivity contribution in [3.05, 3.63) is 61.2 Å². The Bertz CT molecular complexity index is 1210. The standard InChI is InChI=1S/C33H44BrN3O7/c1-4-7-15-25(39)35-21-24(22-13-10-9-11-14-22)43-32(42)26-27-30(40)37(18-12-19-38)29(33(27)20-23(34)28(26)44-33)31(41)36(16-6-3)17-8-5-2/h4,6,9-11,13-14,23-24,26-29,38H,1,3,5,7-8,12,15-21H2,2H3,(H,35,39)/t23?,24-,26+,27-,28+,29+,33-/m1/s1. The molecule has 3 saturated heterocycles. The van der Waals surface area contributed by atoms with Crippen LogP contribution in [-0.2, 0) is 28.7 Å². The topological polar surface area (TPSA) is 125 Å². The Morgan fingerprint density at radius 1 is 1.25 bits per heavy atom. The van der Waals surface area contributed by atoms with Gasteiger partial charge in [-0.3, -0.25) is 19.2 Å². The molecule has 0 saturated carbocycles. The normalized spacial score (nSPS) is 27.5. The average molecular weight is 675 g/mol. The monoisotopic (exact) mass is 673 g/mol. The summed E-state index contributed by atoms with van der Waals surface area (Å²) in [6, 6.07) is 8.18. The van der Waals surface area contributed by atoms with Crippen LogP contribution in [0, 0.1) is 11.8 Å². The van der Waals surface area contributed by atoms with Crippen molar-refractivity contribution >= 4 is 39.6 Å². The van der Waals surface area contributed by atoms with E-state index in [0.717, 1.165) is 12.8 Å².